The van der Waals surface area contributed by atoms with Gasteiger partial charge in [0.15, 0.2) is 0 Å². The molecule has 3 aromatic rings. The number of hydrogen-bond acceptors (Lipinski definition) is 5. The van der Waals surface area contributed by atoms with E-state index in [-0.39, 0.29) is 17.5 Å². The van der Waals surface area contributed by atoms with Crippen molar-refractivity contribution in [2.24, 2.45) is 0 Å². The summed E-state index contributed by atoms with van der Waals surface area (Å²) in [5.74, 6) is 0.645. The van der Waals surface area contributed by atoms with Gasteiger partial charge in [0.1, 0.15) is 5.75 Å². The van der Waals surface area contributed by atoms with Crippen LogP contribution in [0.1, 0.15) is 19.4 Å². The van der Waals surface area contributed by atoms with Crippen LogP contribution in [0.15, 0.2) is 65.1 Å². The predicted octanol–water partition coefficient (Wildman–Crippen LogP) is 4.08. The minimum absolute atomic E-state index is 0.0405. The summed E-state index contributed by atoms with van der Waals surface area (Å²) in [7, 11) is -3.60. The van der Waals surface area contributed by atoms with Gasteiger partial charge in [0.05, 0.1) is 11.0 Å². The van der Waals surface area contributed by atoms with Gasteiger partial charge in [-0.2, -0.15) is 0 Å². The van der Waals surface area contributed by atoms with Crippen molar-refractivity contribution in [1.29, 1.82) is 0 Å². The third-order valence-electron chi connectivity index (χ3n) is 3.57. The molecule has 0 amide bonds. The monoisotopic (exact) mass is 388 g/mol. The molecule has 0 saturated heterocycles. The second kappa shape index (κ2) is 7.99. The van der Waals surface area contributed by atoms with Crippen LogP contribution >= 0.6 is 11.3 Å². The van der Waals surface area contributed by atoms with Crippen LogP contribution in [0.2, 0.25) is 0 Å². The third-order valence-corrected chi connectivity index (χ3v) is 5.91. The Morgan fingerprint density at radius 1 is 1.15 bits per heavy atom. The van der Waals surface area contributed by atoms with Crippen LogP contribution in [0, 0.1) is 0 Å². The van der Waals surface area contributed by atoms with E-state index in [4.69, 9.17) is 4.74 Å². The van der Waals surface area contributed by atoms with E-state index in [2.05, 4.69) is 9.71 Å². The molecule has 1 aromatic carbocycles. The van der Waals surface area contributed by atoms with Crippen molar-refractivity contribution in [3.63, 3.8) is 0 Å². The average molecular weight is 389 g/mol. The molecular formula is C19H20N2O3S2. The lowest BCUT2D eigenvalue weighted by Gasteiger charge is -2.11. The zero-order valence-corrected chi connectivity index (χ0v) is 16.2. The molecule has 1 N–H and O–H groups in total. The smallest absolute Gasteiger partial charge is 0.240 e. The van der Waals surface area contributed by atoms with Crippen molar-refractivity contribution in [1.82, 2.24) is 9.71 Å². The summed E-state index contributed by atoms with van der Waals surface area (Å²) in [5.41, 5.74) is 1.78. The van der Waals surface area contributed by atoms with Gasteiger partial charge in [0, 0.05) is 29.4 Å². The van der Waals surface area contributed by atoms with E-state index in [1.54, 1.807) is 48.0 Å². The van der Waals surface area contributed by atoms with Gasteiger partial charge >= 0.3 is 0 Å². The summed E-state index contributed by atoms with van der Waals surface area (Å²) in [6, 6.07) is 12.3. The van der Waals surface area contributed by atoms with Gasteiger partial charge in [-0.25, -0.2) is 13.1 Å². The normalized spacial score (nSPS) is 11.7. The fraction of sp³-hybridized carbons (Fsp3) is 0.211. The molecule has 3 rings (SSSR count). The van der Waals surface area contributed by atoms with Gasteiger partial charge < -0.3 is 4.74 Å². The SMILES string of the molecule is CC(C)Oc1ccc(S(=O)(=O)NCc2cncc(-c3cccs3)c2)cc1. The zero-order valence-electron chi connectivity index (χ0n) is 14.5. The summed E-state index contributed by atoms with van der Waals surface area (Å²) in [6.07, 6.45) is 3.48. The number of rotatable bonds is 7. The first-order valence-electron chi connectivity index (χ1n) is 8.18. The van der Waals surface area contributed by atoms with E-state index < -0.39 is 10.0 Å². The summed E-state index contributed by atoms with van der Waals surface area (Å²) in [6.45, 7) is 4.02. The molecule has 26 heavy (non-hydrogen) atoms. The summed E-state index contributed by atoms with van der Waals surface area (Å²) in [4.78, 5) is 5.51. The van der Waals surface area contributed by atoms with Crippen molar-refractivity contribution in [2.75, 3.05) is 0 Å². The van der Waals surface area contributed by atoms with Crippen molar-refractivity contribution >= 4 is 21.4 Å². The summed E-state index contributed by atoms with van der Waals surface area (Å²) >= 11 is 1.62. The Hall–Kier alpha value is -2.22. The number of nitrogens with zero attached hydrogens (tertiary/aromatic N) is 1. The first-order valence-corrected chi connectivity index (χ1v) is 10.5. The second-order valence-corrected chi connectivity index (χ2v) is 8.74. The molecule has 0 aliphatic rings. The van der Waals surface area contributed by atoms with Crippen LogP contribution in [0.4, 0.5) is 0 Å². The van der Waals surface area contributed by atoms with Gasteiger partial charge in [-0.05, 0) is 61.2 Å². The van der Waals surface area contributed by atoms with Crippen LogP contribution in [0.3, 0.4) is 0 Å². The highest BCUT2D eigenvalue weighted by Gasteiger charge is 2.14. The Labute approximate surface area is 157 Å². The first-order chi connectivity index (χ1) is 12.4. The molecule has 0 fully saturated rings. The largest absolute Gasteiger partial charge is 0.491 e. The molecule has 0 aliphatic carbocycles. The van der Waals surface area contributed by atoms with Gasteiger partial charge in [-0.3, -0.25) is 4.98 Å². The lowest BCUT2D eigenvalue weighted by atomic mass is 10.2. The highest BCUT2D eigenvalue weighted by atomic mass is 32.2. The molecule has 0 spiro atoms. The molecule has 0 atom stereocenters. The molecular weight excluding hydrogens is 368 g/mol. The van der Waals surface area contributed by atoms with Crippen molar-refractivity contribution in [3.8, 4) is 16.2 Å². The number of hydrogen-bond donors (Lipinski definition) is 1. The van der Waals surface area contributed by atoms with E-state index in [0.717, 1.165) is 16.0 Å². The summed E-state index contributed by atoms with van der Waals surface area (Å²) < 4.78 is 33.1. The van der Waals surface area contributed by atoms with E-state index in [1.165, 1.54) is 0 Å². The fourth-order valence-corrected chi connectivity index (χ4v) is 4.12. The highest BCUT2D eigenvalue weighted by molar-refractivity contribution is 7.89. The van der Waals surface area contributed by atoms with E-state index in [1.807, 2.05) is 37.4 Å². The minimum Gasteiger partial charge on any atom is -0.491 e. The number of aromatic nitrogens is 1. The van der Waals surface area contributed by atoms with Gasteiger partial charge in [0.2, 0.25) is 10.0 Å². The fourth-order valence-electron chi connectivity index (χ4n) is 2.39. The molecule has 0 unspecified atom stereocenters. The Bertz CT molecular complexity index is 951. The number of sulfonamides is 1. The molecule has 0 saturated carbocycles. The number of thiophene rings is 1. The average Bonchev–Trinajstić information content (AvgIpc) is 3.15. The van der Waals surface area contributed by atoms with Crippen molar-refractivity contribution in [3.05, 3.63) is 65.8 Å². The van der Waals surface area contributed by atoms with E-state index in [9.17, 15) is 8.42 Å². The maximum Gasteiger partial charge on any atom is 0.240 e. The Kier molecular flexibility index (Phi) is 5.70. The van der Waals surface area contributed by atoms with Crippen LogP contribution in [-0.2, 0) is 16.6 Å². The third kappa shape index (κ3) is 4.69. The quantitative estimate of drug-likeness (QED) is 0.662. The molecule has 7 heteroatoms. The minimum atomic E-state index is -3.60. The lowest BCUT2D eigenvalue weighted by Crippen LogP contribution is -2.23. The Balaban J connectivity index is 1.69. The second-order valence-electron chi connectivity index (χ2n) is 6.02. The maximum atomic E-state index is 12.5. The molecule has 0 bridgehead atoms. The molecule has 0 aliphatic heterocycles. The Morgan fingerprint density at radius 3 is 2.58 bits per heavy atom. The van der Waals surface area contributed by atoms with Crippen LogP contribution < -0.4 is 9.46 Å². The number of nitrogens with one attached hydrogen (secondary N) is 1. The lowest BCUT2D eigenvalue weighted by molar-refractivity contribution is 0.242. The Morgan fingerprint density at radius 2 is 1.92 bits per heavy atom. The van der Waals surface area contributed by atoms with Gasteiger partial charge in [-0.1, -0.05) is 6.07 Å². The topological polar surface area (TPSA) is 68.3 Å². The zero-order chi connectivity index (χ0) is 18.6. The van der Waals surface area contributed by atoms with Crippen molar-refractivity contribution < 1.29 is 13.2 Å². The number of ether oxygens (including phenoxy) is 1. The summed E-state index contributed by atoms with van der Waals surface area (Å²) in [5, 5.41) is 2.00. The van der Waals surface area contributed by atoms with Gasteiger partial charge in [-0.15, -0.1) is 11.3 Å². The maximum absolute atomic E-state index is 12.5. The van der Waals surface area contributed by atoms with Crippen LogP contribution in [-0.4, -0.2) is 19.5 Å². The number of pyridine rings is 1. The van der Waals surface area contributed by atoms with Crippen molar-refractivity contribution in [2.45, 2.75) is 31.4 Å². The molecule has 5 nitrogen and oxygen atoms in total. The van der Waals surface area contributed by atoms with Gasteiger partial charge in [0.25, 0.3) is 0 Å². The van der Waals surface area contributed by atoms with E-state index in [0.29, 0.717) is 5.75 Å². The first kappa shape index (κ1) is 18.6. The molecule has 2 heterocycles. The molecule has 136 valence electrons. The standard InChI is InChI=1S/C19H20N2O3S2/c1-14(2)24-17-5-7-18(8-6-17)26(22,23)21-12-15-10-16(13-20-11-15)19-4-3-9-25-19/h3-11,13-14,21H,12H2,1-2H3. The predicted molar refractivity (Wildman–Crippen MR) is 104 cm³/mol. The molecule has 2 aromatic heterocycles. The van der Waals surface area contributed by atoms with E-state index >= 15 is 0 Å². The number of benzene rings is 1. The highest BCUT2D eigenvalue weighted by Crippen LogP contribution is 2.24. The van der Waals surface area contributed by atoms with Crippen LogP contribution in [0.25, 0.3) is 10.4 Å². The molecule has 0 radical (unpaired) electrons. The van der Waals surface area contributed by atoms with Crippen LogP contribution in [0.5, 0.6) is 5.75 Å².